The van der Waals surface area contributed by atoms with Gasteiger partial charge in [0.25, 0.3) is 0 Å². The van der Waals surface area contributed by atoms with Crippen LogP contribution < -0.4 is 0 Å². The molecular weight excluding hydrogens is 166 g/mol. The lowest BCUT2D eigenvalue weighted by atomic mass is 9.97. The summed E-state index contributed by atoms with van der Waals surface area (Å²) in [5.74, 6) is -1.65. The molecule has 1 N–H and O–H groups in total. The molecule has 0 amide bonds. The molecule has 1 aromatic rings. The Labute approximate surface area is 76.2 Å². The minimum absolute atomic E-state index is 0.0132. The summed E-state index contributed by atoms with van der Waals surface area (Å²) in [5, 5.41) is 17.2. The zero-order chi connectivity index (χ0) is 9.68. The minimum Gasteiger partial charge on any atom is -0.481 e. The van der Waals surface area contributed by atoms with Gasteiger partial charge in [0.15, 0.2) is 0 Å². The predicted octanol–water partition coefficient (Wildman–Crippen LogP) is 1.77. The fourth-order valence-electron chi connectivity index (χ4n) is 1.12. The highest BCUT2D eigenvalue weighted by Crippen LogP contribution is 2.18. The molecule has 0 bridgehead atoms. The smallest absolute Gasteiger partial charge is 0.312 e. The van der Waals surface area contributed by atoms with Crippen LogP contribution in [0.2, 0.25) is 0 Å². The maximum atomic E-state index is 10.7. The van der Waals surface area contributed by atoms with E-state index in [2.05, 4.69) is 0 Å². The number of hydrogen-bond donors (Lipinski definition) is 1. The zero-order valence-corrected chi connectivity index (χ0v) is 6.97. The molecule has 0 saturated carbocycles. The van der Waals surface area contributed by atoms with Crippen molar-refractivity contribution in [2.45, 2.75) is 12.3 Å². The summed E-state index contributed by atoms with van der Waals surface area (Å²) in [6, 6.07) is 10.7. The normalized spacial score (nSPS) is 11.6. The molecule has 0 aromatic heterocycles. The van der Waals surface area contributed by atoms with Gasteiger partial charge in [-0.1, -0.05) is 30.3 Å². The number of nitriles is 1. The molecule has 66 valence electrons. The van der Waals surface area contributed by atoms with Gasteiger partial charge in [-0.05, 0) is 5.56 Å². The van der Waals surface area contributed by atoms with Crippen LogP contribution in [0.25, 0.3) is 0 Å². The van der Waals surface area contributed by atoms with E-state index in [0.29, 0.717) is 5.56 Å². The molecule has 1 aromatic carbocycles. The Balaban J connectivity index is 2.90. The Morgan fingerprint density at radius 1 is 1.46 bits per heavy atom. The first-order chi connectivity index (χ1) is 6.25. The molecule has 0 aliphatic rings. The summed E-state index contributed by atoms with van der Waals surface area (Å²) in [7, 11) is 0. The van der Waals surface area contributed by atoms with Crippen LogP contribution >= 0.6 is 0 Å². The first-order valence-corrected chi connectivity index (χ1v) is 3.90. The van der Waals surface area contributed by atoms with Crippen LogP contribution in [-0.2, 0) is 4.79 Å². The number of rotatable bonds is 3. The van der Waals surface area contributed by atoms with Gasteiger partial charge in [-0.25, -0.2) is 0 Å². The van der Waals surface area contributed by atoms with Crippen molar-refractivity contribution in [3.8, 4) is 6.07 Å². The number of carboxylic acid groups (broad SMARTS) is 1. The van der Waals surface area contributed by atoms with Gasteiger partial charge in [-0.2, -0.15) is 5.26 Å². The van der Waals surface area contributed by atoms with Crippen molar-refractivity contribution in [1.82, 2.24) is 0 Å². The number of nitrogens with zero attached hydrogens (tertiary/aromatic N) is 1. The molecule has 1 unspecified atom stereocenters. The number of hydrogen-bond acceptors (Lipinski definition) is 2. The van der Waals surface area contributed by atoms with E-state index >= 15 is 0 Å². The molecule has 0 saturated heterocycles. The lowest BCUT2D eigenvalue weighted by Gasteiger charge is -2.07. The Hall–Kier alpha value is -1.82. The van der Waals surface area contributed by atoms with Crippen molar-refractivity contribution in [2.75, 3.05) is 0 Å². The SMILES string of the molecule is N#CCC(C(=O)O)c1ccccc1. The van der Waals surface area contributed by atoms with Crippen LogP contribution in [0.3, 0.4) is 0 Å². The average molecular weight is 175 g/mol. The van der Waals surface area contributed by atoms with E-state index in [0.717, 1.165) is 0 Å². The summed E-state index contributed by atoms with van der Waals surface area (Å²) in [6.45, 7) is 0. The molecule has 0 aliphatic carbocycles. The van der Waals surface area contributed by atoms with Crippen LogP contribution in [0.5, 0.6) is 0 Å². The van der Waals surface area contributed by atoms with Crippen molar-refractivity contribution in [1.29, 1.82) is 5.26 Å². The Bertz CT molecular complexity index is 327. The van der Waals surface area contributed by atoms with Crippen molar-refractivity contribution >= 4 is 5.97 Å². The monoisotopic (exact) mass is 175 g/mol. The summed E-state index contributed by atoms with van der Waals surface area (Å²) in [5.41, 5.74) is 0.677. The maximum Gasteiger partial charge on any atom is 0.312 e. The topological polar surface area (TPSA) is 61.1 Å². The predicted molar refractivity (Wildman–Crippen MR) is 47.0 cm³/mol. The highest BCUT2D eigenvalue weighted by atomic mass is 16.4. The quantitative estimate of drug-likeness (QED) is 0.761. The molecule has 1 atom stereocenters. The summed E-state index contributed by atoms with van der Waals surface area (Å²) >= 11 is 0. The third-order valence-electron chi connectivity index (χ3n) is 1.80. The van der Waals surface area contributed by atoms with Crippen LogP contribution in [0.1, 0.15) is 17.9 Å². The average Bonchev–Trinajstić information content (AvgIpc) is 2.15. The van der Waals surface area contributed by atoms with Crippen LogP contribution in [0.4, 0.5) is 0 Å². The fourth-order valence-corrected chi connectivity index (χ4v) is 1.12. The van der Waals surface area contributed by atoms with Crippen molar-refractivity contribution in [3.05, 3.63) is 35.9 Å². The largest absolute Gasteiger partial charge is 0.481 e. The Morgan fingerprint density at radius 3 is 2.54 bits per heavy atom. The molecule has 0 fully saturated rings. The van der Waals surface area contributed by atoms with E-state index in [1.165, 1.54) is 0 Å². The summed E-state index contributed by atoms with van der Waals surface area (Å²) < 4.78 is 0. The highest BCUT2D eigenvalue weighted by molar-refractivity contribution is 5.76. The number of carbonyl (C=O) groups is 1. The third kappa shape index (κ3) is 2.31. The maximum absolute atomic E-state index is 10.7. The molecule has 0 heterocycles. The standard InChI is InChI=1S/C10H9NO2/c11-7-6-9(10(12)13)8-4-2-1-3-5-8/h1-5,9H,6H2,(H,12,13). The van der Waals surface area contributed by atoms with Crippen LogP contribution in [-0.4, -0.2) is 11.1 Å². The lowest BCUT2D eigenvalue weighted by Crippen LogP contribution is -2.10. The van der Waals surface area contributed by atoms with E-state index in [-0.39, 0.29) is 6.42 Å². The molecule has 0 aliphatic heterocycles. The first kappa shape index (κ1) is 9.27. The fraction of sp³-hybridized carbons (Fsp3) is 0.200. The molecule has 0 spiro atoms. The van der Waals surface area contributed by atoms with Gasteiger partial charge in [-0.15, -0.1) is 0 Å². The van der Waals surface area contributed by atoms with E-state index in [1.807, 2.05) is 12.1 Å². The second-order valence-electron chi connectivity index (χ2n) is 2.66. The highest BCUT2D eigenvalue weighted by Gasteiger charge is 2.18. The van der Waals surface area contributed by atoms with E-state index in [9.17, 15) is 4.79 Å². The van der Waals surface area contributed by atoms with Gasteiger partial charge >= 0.3 is 5.97 Å². The van der Waals surface area contributed by atoms with Gasteiger partial charge in [0.05, 0.1) is 18.4 Å². The summed E-state index contributed by atoms with van der Waals surface area (Å²) in [4.78, 5) is 10.7. The van der Waals surface area contributed by atoms with Crippen molar-refractivity contribution in [2.24, 2.45) is 0 Å². The zero-order valence-electron chi connectivity index (χ0n) is 6.97. The Morgan fingerprint density at radius 2 is 2.08 bits per heavy atom. The minimum atomic E-state index is -0.951. The van der Waals surface area contributed by atoms with E-state index in [1.54, 1.807) is 24.3 Å². The second-order valence-corrected chi connectivity index (χ2v) is 2.66. The molecule has 3 heteroatoms. The number of benzene rings is 1. The number of aliphatic carboxylic acids is 1. The lowest BCUT2D eigenvalue weighted by molar-refractivity contribution is -0.138. The van der Waals surface area contributed by atoms with Gasteiger partial charge in [-0.3, -0.25) is 4.79 Å². The second kappa shape index (κ2) is 4.27. The third-order valence-corrected chi connectivity index (χ3v) is 1.80. The molecule has 1 rings (SSSR count). The Kier molecular flexibility index (Phi) is 3.04. The van der Waals surface area contributed by atoms with Gasteiger partial charge in [0, 0.05) is 0 Å². The van der Waals surface area contributed by atoms with E-state index in [4.69, 9.17) is 10.4 Å². The van der Waals surface area contributed by atoms with E-state index < -0.39 is 11.9 Å². The molecular formula is C10H9NO2. The molecule has 13 heavy (non-hydrogen) atoms. The van der Waals surface area contributed by atoms with Gasteiger partial charge in [0.1, 0.15) is 0 Å². The van der Waals surface area contributed by atoms with Gasteiger partial charge < -0.3 is 5.11 Å². The number of carboxylic acids is 1. The summed E-state index contributed by atoms with van der Waals surface area (Å²) in [6.07, 6.45) is 0.0132. The first-order valence-electron chi connectivity index (χ1n) is 3.90. The van der Waals surface area contributed by atoms with Crippen molar-refractivity contribution < 1.29 is 9.90 Å². The van der Waals surface area contributed by atoms with Crippen LogP contribution in [0.15, 0.2) is 30.3 Å². The van der Waals surface area contributed by atoms with Crippen LogP contribution in [0, 0.1) is 11.3 Å². The van der Waals surface area contributed by atoms with Crippen molar-refractivity contribution in [3.63, 3.8) is 0 Å². The van der Waals surface area contributed by atoms with Gasteiger partial charge in [0.2, 0.25) is 0 Å². The molecule has 0 radical (unpaired) electrons. The molecule has 3 nitrogen and oxygen atoms in total.